The Morgan fingerprint density at radius 2 is 2.24 bits per heavy atom. The van der Waals surface area contributed by atoms with Crippen molar-refractivity contribution in [1.29, 1.82) is 5.26 Å². The Morgan fingerprint density at radius 3 is 2.90 bits per heavy atom. The van der Waals surface area contributed by atoms with Crippen LogP contribution in [-0.2, 0) is 0 Å². The quantitative estimate of drug-likeness (QED) is 0.899. The maximum absolute atomic E-state index is 10.4. The number of para-hydroxylation sites is 1. The lowest BCUT2D eigenvalue weighted by atomic mass is 9.95. The Kier molecular flexibility index (Phi) is 5.46. The number of ether oxygens (including phenoxy) is 1. The van der Waals surface area contributed by atoms with Crippen molar-refractivity contribution in [1.82, 2.24) is 4.90 Å². The van der Waals surface area contributed by atoms with Crippen LogP contribution in [0.4, 0.5) is 0 Å². The van der Waals surface area contributed by atoms with Gasteiger partial charge >= 0.3 is 0 Å². The van der Waals surface area contributed by atoms with Crippen molar-refractivity contribution in [2.24, 2.45) is 0 Å². The van der Waals surface area contributed by atoms with Crippen molar-refractivity contribution in [3.63, 3.8) is 0 Å². The fourth-order valence-corrected chi connectivity index (χ4v) is 3.16. The molecule has 0 spiro atoms. The van der Waals surface area contributed by atoms with Crippen LogP contribution in [0.1, 0.15) is 51.1 Å². The summed E-state index contributed by atoms with van der Waals surface area (Å²) in [6.45, 7) is 5.45. The number of nitrogens with zero attached hydrogens (tertiary/aromatic N) is 2. The van der Waals surface area contributed by atoms with Gasteiger partial charge in [0.05, 0.1) is 12.7 Å². The fourth-order valence-electron chi connectivity index (χ4n) is 3.16. The number of nitriles is 1. The number of phenolic OH excluding ortho intramolecular Hbond substituents is 1. The van der Waals surface area contributed by atoms with Gasteiger partial charge in [0, 0.05) is 18.2 Å². The highest BCUT2D eigenvalue weighted by atomic mass is 16.5. The third kappa shape index (κ3) is 3.30. The van der Waals surface area contributed by atoms with E-state index in [9.17, 15) is 10.4 Å². The summed E-state index contributed by atoms with van der Waals surface area (Å²) in [6, 6.07) is 7.79. The zero-order valence-electron chi connectivity index (χ0n) is 12.9. The predicted octanol–water partition coefficient (Wildman–Crippen LogP) is 3.62. The largest absolute Gasteiger partial charge is 0.504 e. The summed E-state index contributed by atoms with van der Waals surface area (Å²) in [6.07, 6.45) is 4.49. The summed E-state index contributed by atoms with van der Waals surface area (Å²) >= 11 is 0. The maximum Gasteiger partial charge on any atom is 0.163 e. The van der Waals surface area contributed by atoms with E-state index >= 15 is 0 Å². The molecule has 4 nitrogen and oxygen atoms in total. The summed E-state index contributed by atoms with van der Waals surface area (Å²) in [5, 5.41) is 20.1. The average Bonchev–Trinajstić information content (AvgIpc) is 2.52. The SMILES string of the molecule is CCOc1cccc(C(C#N)N2CCCCC2CC)c1O. The van der Waals surface area contributed by atoms with Crippen molar-refractivity contribution in [3.05, 3.63) is 23.8 Å². The molecule has 0 radical (unpaired) electrons. The minimum absolute atomic E-state index is 0.103. The van der Waals surface area contributed by atoms with E-state index < -0.39 is 6.04 Å². The van der Waals surface area contributed by atoms with E-state index in [1.54, 1.807) is 6.07 Å². The summed E-state index contributed by atoms with van der Waals surface area (Å²) < 4.78 is 5.43. The molecule has 0 bridgehead atoms. The van der Waals surface area contributed by atoms with E-state index in [1.165, 1.54) is 6.42 Å². The molecule has 1 aliphatic rings. The first kappa shape index (κ1) is 15.7. The molecule has 1 heterocycles. The van der Waals surface area contributed by atoms with Crippen molar-refractivity contribution >= 4 is 0 Å². The summed E-state index contributed by atoms with van der Waals surface area (Å²) in [5.74, 6) is 0.562. The molecule has 114 valence electrons. The first-order valence-corrected chi connectivity index (χ1v) is 7.82. The van der Waals surface area contributed by atoms with Crippen LogP contribution >= 0.6 is 0 Å². The monoisotopic (exact) mass is 288 g/mol. The number of benzene rings is 1. The number of aromatic hydroxyl groups is 1. The van der Waals surface area contributed by atoms with E-state index in [4.69, 9.17) is 4.74 Å². The van der Waals surface area contributed by atoms with Gasteiger partial charge in [-0.2, -0.15) is 5.26 Å². The highest BCUT2D eigenvalue weighted by Gasteiger charge is 2.31. The average molecular weight is 288 g/mol. The lowest BCUT2D eigenvalue weighted by Crippen LogP contribution is -2.41. The van der Waals surface area contributed by atoms with Gasteiger partial charge in [0.15, 0.2) is 11.5 Å². The van der Waals surface area contributed by atoms with Crippen LogP contribution in [0.3, 0.4) is 0 Å². The van der Waals surface area contributed by atoms with E-state index in [2.05, 4.69) is 17.9 Å². The smallest absolute Gasteiger partial charge is 0.163 e. The summed E-state index contributed by atoms with van der Waals surface area (Å²) in [7, 11) is 0. The van der Waals surface area contributed by atoms with Crippen molar-refractivity contribution in [3.8, 4) is 17.6 Å². The van der Waals surface area contributed by atoms with Crippen molar-refractivity contribution < 1.29 is 9.84 Å². The molecule has 2 unspecified atom stereocenters. The third-order valence-electron chi connectivity index (χ3n) is 4.22. The molecule has 1 aromatic carbocycles. The van der Waals surface area contributed by atoms with Crippen molar-refractivity contribution in [2.45, 2.75) is 51.6 Å². The van der Waals surface area contributed by atoms with E-state index in [0.717, 1.165) is 25.8 Å². The van der Waals surface area contributed by atoms with E-state index in [1.807, 2.05) is 19.1 Å². The second kappa shape index (κ2) is 7.33. The molecule has 2 atom stereocenters. The molecular formula is C17H24N2O2. The number of hydrogen-bond donors (Lipinski definition) is 1. The van der Waals surface area contributed by atoms with Gasteiger partial charge in [-0.15, -0.1) is 0 Å². The number of piperidine rings is 1. The second-order valence-corrected chi connectivity index (χ2v) is 5.45. The van der Waals surface area contributed by atoms with Crippen LogP contribution in [0, 0.1) is 11.3 Å². The zero-order chi connectivity index (χ0) is 15.2. The molecule has 0 saturated carbocycles. The normalized spacial score (nSPS) is 20.7. The molecule has 1 fully saturated rings. The number of hydrogen-bond acceptors (Lipinski definition) is 4. The van der Waals surface area contributed by atoms with Gasteiger partial charge in [0.25, 0.3) is 0 Å². The van der Waals surface area contributed by atoms with Gasteiger partial charge in [0.2, 0.25) is 0 Å². The lowest BCUT2D eigenvalue weighted by Gasteiger charge is -2.38. The molecule has 1 N–H and O–H groups in total. The first-order chi connectivity index (χ1) is 10.2. The van der Waals surface area contributed by atoms with E-state index in [0.29, 0.717) is 24.0 Å². The topological polar surface area (TPSA) is 56.5 Å². The number of rotatable bonds is 5. The summed E-state index contributed by atoms with van der Waals surface area (Å²) in [5.41, 5.74) is 0.656. The third-order valence-corrected chi connectivity index (χ3v) is 4.22. The van der Waals surface area contributed by atoms with Gasteiger partial charge in [0.1, 0.15) is 6.04 Å². The fraction of sp³-hybridized carbons (Fsp3) is 0.588. The first-order valence-electron chi connectivity index (χ1n) is 7.82. The Bertz CT molecular complexity index is 510. The Labute approximate surface area is 127 Å². The van der Waals surface area contributed by atoms with Gasteiger partial charge in [-0.25, -0.2) is 0 Å². The lowest BCUT2D eigenvalue weighted by molar-refractivity contribution is 0.115. The molecule has 1 saturated heterocycles. The van der Waals surface area contributed by atoms with Gasteiger partial charge < -0.3 is 9.84 Å². The van der Waals surface area contributed by atoms with Crippen LogP contribution in [0.5, 0.6) is 11.5 Å². The van der Waals surface area contributed by atoms with Crippen LogP contribution in [0.15, 0.2) is 18.2 Å². The molecule has 2 rings (SSSR count). The standard InChI is InChI=1S/C17H24N2O2/c1-3-13-8-5-6-11-19(13)15(12-18)14-9-7-10-16(17(14)20)21-4-2/h7,9-10,13,15,20H,3-6,8,11H2,1-2H3. The van der Waals surface area contributed by atoms with Gasteiger partial charge in [-0.05, 0) is 32.3 Å². The number of likely N-dealkylation sites (tertiary alicyclic amines) is 1. The number of phenols is 1. The molecule has 0 aromatic heterocycles. The van der Waals surface area contributed by atoms with Crippen LogP contribution in [0.2, 0.25) is 0 Å². The highest BCUT2D eigenvalue weighted by molar-refractivity contribution is 5.48. The second-order valence-electron chi connectivity index (χ2n) is 5.45. The Morgan fingerprint density at radius 1 is 1.43 bits per heavy atom. The zero-order valence-corrected chi connectivity index (χ0v) is 12.9. The van der Waals surface area contributed by atoms with Crippen molar-refractivity contribution in [2.75, 3.05) is 13.2 Å². The predicted molar refractivity (Wildman–Crippen MR) is 82.3 cm³/mol. The molecular weight excluding hydrogens is 264 g/mol. The van der Waals surface area contributed by atoms with E-state index in [-0.39, 0.29) is 5.75 Å². The van der Waals surface area contributed by atoms with Crippen LogP contribution in [-0.4, -0.2) is 29.2 Å². The van der Waals surface area contributed by atoms with Crippen LogP contribution in [0.25, 0.3) is 0 Å². The molecule has 0 aliphatic carbocycles. The molecule has 0 amide bonds. The van der Waals surface area contributed by atoms with Gasteiger partial charge in [-0.1, -0.05) is 25.5 Å². The maximum atomic E-state index is 10.4. The minimum atomic E-state index is -0.407. The minimum Gasteiger partial charge on any atom is -0.504 e. The highest BCUT2D eigenvalue weighted by Crippen LogP contribution is 2.38. The molecule has 1 aromatic rings. The Balaban J connectivity index is 2.33. The summed E-state index contributed by atoms with van der Waals surface area (Å²) in [4.78, 5) is 2.23. The van der Waals surface area contributed by atoms with Crippen LogP contribution < -0.4 is 4.74 Å². The van der Waals surface area contributed by atoms with Gasteiger partial charge in [-0.3, -0.25) is 4.90 Å². The molecule has 1 aliphatic heterocycles. The molecule has 21 heavy (non-hydrogen) atoms. The Hall–Kier alpha value is -1.73. The molecule has 4 heteroatoms.